The number of thiophene rings is 1. The van der Waals surface area contributed by atoms with Crippen molar-refractivity contribution >= 4 is 39.7 Å². The Hall–Kier alpha value is -1.06. The summed E-state index contributed by atoms with van der Waals surface area (Å²) in [4.78, 5) is 0.862. The maximum atomic E-state index is 7.45. The molecule has 0 radical (unpaired) electrons. The molecule has 1 aromatic heterocycles. The van der Waals surface area contributed by atoms with Gasteiger partial charge in [0, 0.05) is 4.70 Å². The Morgan fingerprint density at radius 1 is 1.39 bits per heavy atom. The number of nitrogen functional groups attached to an aromatic ring is 1. The molecule has 0 saturated carbocycles. The molecule has 0 amide bonds. The number of fused-ring (bicyclic) bond motifs is 1. The molecule has 1 aromatic carbocycles. The van der Waals surface area contributed by atoms with Gasteiger partial charge in [0.2, 0.25) is 0 Å². The van der Waals surface area contributed by atoms with Crippen LogP contribution < -0.4 is 5.73 Å². The van der Waals surface area contributed by atoms with Crippen molar-refractivity contribution in [2.45, 2.75) is 26.7 Å². The molecule has 0 aliphatic heterocycles. The van der Waals surface area contributed by atoms with E-state index in [1.54, 1.807) is 11.3 Å². The fourth-order valence-electron chi connectivity index (χ4n) is 1.90. The predicted octanol–water partition coefficient (Wildman–Crippen LogP) is 4.20. The molecule has 2 nitrogen and oxygen atoms in total. The minimum Gasteiger partial charge on any atom is -0.383 e. The average molecular weight is 283 g/mol. The van der Waals surface area contributed by atoms with E-state index >= 15 is 0 Å². The number of amidine groups is 1. The Morgan fingerprint density at radius 3 is 2.72 bits per heavy atom. The summed E-state index contributed by atoms with van der Waals surface area (Å²) in [6.45, 7) is 4.50. The molecule has 3 N–H and O–H groups in total. The summed E-state index contributed by atoms with van der Waals surface area (Å²) < 4.78 is 1.21. The molecule has 1 unspecified atom stereocenters. The molecule has 1 heterocycles. The second-order valence-electron chi connectivity index (χ2n) is 4.61. The first-order valence-corrected chi connectivity index (χ1v) is 6.78. The van der Waals surface area contributed by atoms with E-state index in [1.807, 2.05) is 6.07 Å². The molecule has 18 heavy (non-hydrogen) atoms. The first-order valence-electron chi connectivity index (χ1n) is 5.97. The van der Waals surface area contributed by atoms with E-state index in [-0.39, 0.29) is 18.2 Å². The lowest BCUT2D eigenvalue weighted by Crippen LogP contribution is -2.08. The summed E-state index contributed by atoms with van der Waals surface area (Å²) >= 11 is 1.59. The van der Waals surface area contributed by atoms with Crippen LogP contribution >= 0.6 is 23.7 Å². The maximum Gasteiger partial charge on any atom is 0.133 e. The molecule has 0 aliphatic rings. The Morgan fingerprint density at radius 2 is 2.11 bits per heavy atom. The molecule has 0 spiro atoms. The van der Waals surface area contributed by atoms with Crippen LogP contribution in [0.15, 0.2) is 24.3 Å². The largest absolute Gasteiger partial charge is 0.383 e. The van der Waals surface area contributed by atoms with E-state index in [4.69, 9.17) is 11.1 Å². The van der Waals surface area contributed by atoms with Crippen molar-refractivity contribution < 1.29 is 0 Å². The third-order valence-corrected chi connectivity index (χ3v) is 4.28. The van der Waals surface area contributed by atoms with E-state index in [0.717, 1.165) is 17.2 Å². The number of hydrogen-bond acceptors (Lipinski definition) is 2. The molecule has 0 aliphatic carbocycles. The lowest BCUT2D eigenvalue weighted by Gasteiger charge is -2.07. The van der Waals surface area contributed by atoms with Gasteiger partial charge in [-0.1, -0.05) is 32.4 Å². The quantitative estimate of drug-likeness (QED) is 0.641. The zero-order chi connectivity index (χ0) is 12.4. The van der Waals surface area contributed by atoms with Crippen molar-refractivity contribution in [1.82, 2.24) is 0 Å². The van der Waals surface area contributed by atoms with Gasteiger partial charge in [-0.2, -0.15) is 0 Å². The normalized spacial score (nSPS) is 12.1. The van der Waals surface area contributed by atoms with Crippen LogP contribution in [0.2, 0.25) is 0 Å². The van der Waals surface area contributed by atoms with Crippen molar-refractivity contribution in [3.05, 3.63) is 34.7 Å². The standard InChI is InChI=1S/C14H18N2S.ClH/c1-3-9(2)6-10-4-5-12-11(7-10)8-13(17-12)14(15)16;/h4-5,7-9H,3,6H2,1-2H3,(H3,15,16);1H. The summed E-state index contributed by atoms with van der Waals surface area (Å²) in [5.74, 6) is 0.882. The number of nitrogens with one attached hydrogen (secondary N) is 1. The molecule has 0 bridgehead atoms. The van der Waals surface area contributed by atoms with E-state index in [0.29, 0.717) is 0 Å². The lowest BCUT2D eigenvalue weighted by atomic mass is 9.98. The van der Waals surface area contributed by atoms with E-state index in [9.17, 15) is 0 Å². The van der Waals surface area contributed by atoms with Crippen LogP contribution in [0.25, 0.3) is 10.1 Å². The Balaban J connectivity index is 0.00000162. The van der Waals surface area contributed by atoms with E-state index in [2.05, 4.69) is 32.0 Å². The van der Waals surface area contributed by atoms with Gasteiger partial charge < -0.3 is 5.73 Å². The van der Waals surface area contributed by atoms with E-state index < -0.39 is 0 Å². The maximum absolute atomic E-state index is 7.45. The second-order valence-corrected chi connectivity index (χ2v) is 5.70. The van der Waals surface area contributed by atoms with Crippen molar-refractivity contribution in [3.8, 4) is 0 Å². The van der Waals surface area contributed by atoms with Gasteiger partial charge in [-0.15, -0.1) is 23.7 Å². The molecule has 2 aromatic rings. The number of halogens is 1. The fourth-order valence-corrected chi connectivity index (χ4v) is 2.80. The van der Waals surface area contributed by atoms with Gasteiger partial charge in [0.25, 0.3) is 0 Å². The highest BCUT2D eigenvalue weighted by molar-refractivity contribution is 7.20. The van der Waals surface area contributed by atoms with Crippen LogP contribution in [-0.4, -0.2) is 5.84 Å². The third kappa shape index (κ3) is 3.24. The highest BCUT2D eigenvalue weighted by Gasteiger charge is 2.06. The molecular formula is C14H19ClN2S. The Bertz CT molecular complexity index is 548. The Kier molecular flexibility index (Phi) is 5.17. The zero-order valence-corrected chi connectivity index (χ0v) is 12.3. The summed E-state index contributed by atoms with van der Waals surface area (Å²) in [5.41, 5.74) is 6.89. The van der Waals surface area contributed by atoms with Gasteiger partial charge >= 0.3 is 0 Å². The van der Waals surface area contributed by atoms with Gasteiger partial charge in [-0.3, -0.25) is 5.41 Å². The molecule has 98 valence electrons. The van der Waals surface area contributed by atoms with Gasteiger partial charge in [0.15, 0.2) is 0 Å². The monoisotopic (exact) mass is 282 g/mol. The summed E-state index contributed by atoms with van der Waals surface area (Å²) in [7, 11) is 0. The van der Waals surface area contributed by atoms with Crippen LogP contribution in [0, 0.1) is 11.3 Å². The van der Waals surface area contributed by atoms with Crippen LogP contribution in [0.3, 0.4) is 0 Å². The van der Waals surface area contributed by atoms with Crippen molar-refractivity contribution in [2.75, 3.05) is 0 Å². The lowest BCUT2D eigenvalue weighted by molar-refractivity contribution is 0.560. The first-order chi connectivity index (χ1) is 8.10. The van der Waals surface area contributed by atoms with Gasteiger partial charge in [0.05, 0.1) is 4.88 Å². The van der Waals surface area contributed by atoms with Gasteiger partial charge in [0.1, 0.15) is 5.84 Å². The predicted molar refractivity (Wildman–Crippen MR) is 83.2 cm³/mol. The molecule has 0 fully saturated rings. The van der Waals surface area contributed by atoms with E-state index in [1.165, 1.54) is 22.1 Å². The zero-order valence-electron chi connectivity index (χ0n) is 10.7. The number of nitrogens with two attached hydrogens (primary N) is 1. The number of hydrogen-bond donors (Lipinski definition) is 2. The first kappa shape index (κ1) is 15.0. The minimum atomic E-state index is 0. The highest BCUT2D eigenvalue weighted by atomic mass is 35.5. The summed E-state index contributed by atoms with van der Waals surface area (Å²) in [6, 6.07) is 8.58. The molecule has 1 atom stereocenters. The molecular weight excluding hydrogens is 264 g/mol. The SMILES string of the molecule is CCC(C)Cc1ccc2sc(C(=N)N)cc2c1.Cl. The third-order valence-electron chi connectivity index (χ3n) is 3.13. The van der Waals surface area contributed by atoms with Gasteiger partial charge in [-0.05, 0) is 35.4 Å². The highest BCUT2D eigenvalue weighted by Crippen LogP contribution is 2.27. The topological polar surface area (TPSA) is 49.9 Å². The van der Waals surface area contributed by atoms with Gasteiger partial charge in [-0.25, -0.2) is 0 Å². The van der Waals surface area contributed by atoms with Crippen LogP contribution in [0.4, 0.5) is 0 Å². The number of benzene rings is 1. The second kappa shape index (κ2) is 6.21. The average Bonchev–Trinajstić information content (AvgIpc) is 2.72. The summed E-state index contributed by atoms with van der Waals surface area (Å²) in [6.07, 6.45) is 2.33. The number of rotatable bonds is 4. The van der Waals surface area contributed by atoms with Crippen LogP contribution in [-0.2, 0) is 6.42 Å². The smallest absolute Gasteiger partial charge is 0.133 e. The van der Waals surface area contributed by atoms with Crippen molar-refractivity contribution in [1.29, 1.82) is 5.41 Å². The van der Waals surface area contributed by atoms with Crippen molar-refractivity contribution in [3.63, 3.8) is 0 Å². The molecule has 0 saturated heterocycles. The summed E-state index contributed by atoms with van der Waals surface area (Å²) in [5, 5.41) is 8.66. The fraction of sp³-hybridized carbons (Fsp3) is 0.357. The Labute approximate surface area is 118 Å². The molecule has 2 rings (SSSR count). The molecule has 4 heteroatoms. The van der Waals surface area contributed by atoms with Crippen LogP contribution in [0.5, 0.6) is 0 Å². The van der Waals surface area contributed by atoms with Crippen molar-refractivity contribution in [2.24, 2.45) is 11.7 Å². The van der Waals surface area contributed by atoms with Crippen LogP contribution in [0.1, 0.15) is 30.7 Å². The minimum absolute atomic E-state index is 0.